The van der Waals surface area contributed by atoms with Crippen LogP contribution in [0, 0.1) is 5.82 Å². The van der Waals surface area contributed by atoms with E-state index in [1.807, 2.05) is 0 Å². The van der Waals surface area contributed by atoms with Crippen molar-refractivity contribution in [2.45, 2.75) is 24.0 Å². The van der Waals surface area contributed by atoms with Crippen LogP contribution in [0.4, 0.5) is 10.1 Å². The first-order chi connectivity index (χ1) is 10.5. The molecule has 0 fully saturated rings. The number of ketones is 1. The van der Waals surface area contributed by atoms with Crippen LogP contribution >= 0.6 is 11.8 Å². The monoisotopic (exact) mass is 317 g/mol. The maximum absolute atomic E-state index is 12.9. The summed E-state index contributed by atoms with van der Waals surface area (Å²) in [6.07, 6.45) is 0. The van der Waals surface area contributed by atoms with Gasteiger partial charge in [-0.15, -0.1) is 11.8 Å². The number of anilines is 1. The van der Waals surface area contributed by atoms with Crippen molar-refractivity contribution in [1.29, 1.82) is 0 Å². The van der Waals surface area contributed by atoms with Crippen molar-refractivity contribution in [2.24, 2.45) is 0 Å². The molecule has 0 spiro atoms. The summed E-state index contributed by atoms with van der Waals surface area (Å²) in [5.74, 6) is -0.526. The fourth-order valence-electron chi connectivity index (χ4n) is 1.83. The van der Waals surface area contributed by atoms with Crippen LogP contribution in [0.25, 0.3) is 0 Å². The lowest BCUT2D eigenvalue weighted by Gasteiger charge is -2.12. The van der Waals surface area contributed by atoms with Crippen LogP contribution < -0.4 is 5.32 Å². The van der Waals surface area contributed by atoms with E-state index in [0.717, 1.165) is 4.90 Å². The molecule has 22 heavy (non-hydrogen) atoms. The van der Waals surface area contributed by atoms with Crippen molar-refractivity contribution in [2.75, 3.05) is 5.32 Å². The molecule has 1 atom stereocenters. The molecule has 2 aromatic carbocycles. The first-order valence-corrected chi connectivity index (χ1v) is 7.68. The molecular weight excluding hydrogens is 301 g/mol. The zero-order chi connectivity index (χ0) is 16.1. The number of halogens is 1. The highest BCUT2D eigenvalue weighted by atomic mass is 32.2. The predicted octanol–water partition coefficient (Wildman–Crippen LogP) is 4.15. The molecule has 1 N–H and O–H groups in total. The largest absolute Gasteiger partial charge is 0.325 e. The van der Waals surface area contributed by atoms with Crippen molar-refractivity contribution < 1.29 is 14.0 Å². The van der Waals surface area contributed by atoms with Gasteiger partial charge in [-0.3, -0.25) is 9.59 Å². The Hall–Kier alpha value is -2.14. The number of hydrogen-bond acceptors (Lipinski definition) is 3. The number of nitrogens with one attached hydrogen (secondary N) is 1. The molecule has 3 nitrogen and oxygen atoms in total. The van der Waals surface area contributed by atoms with Crippen LogP contribution in [-0.4, -0.2) is 16.9 Å². The zero-order valence-electron chi connectivity index (χ0n) is 12.3. The second-order valence-electron chi connectivity index (χ2n) is 4.84. The Balaban J connectivity index is 2.00. The van der Waals surface area contributed by atoms with Crippen LogP contribution in [0.5, 0.6) is 0 Å². The maximum Gasteiger partial charge on any atom is 0.237 e. The number of carbonyl (C=O) groups is 2. The first-order valence-electron chi connectivity index (χ1n) is 6.80. The topological polar surface area (TPSA) is 46.2 Å². The highest BCUT2D eigenvalue weighted by molar-refractivity contribution is 8.00. The van der Waals surface area contributed by atoms with Crippen molar-refractivity contribution in [3.63, 3.8) is 0 Å². The van der Waals surface area contributed by atoms with Gasteiger partial charge in [-0.25, -0.2) is 4.39 Å². The van der Waals surface area contributed by atoms with Crippen LogP contribution in [-0.2, 0) is 4.79 Å². The van der Waals surface area contributed by atoms with Gasteiger partial charge in [0.2, 0.25) is 5.91 Å². The predicted molar refractivity (Wildman–Crippen MR) is 86.8 cm³/mol. The van der Waals surface area contributed by atoms with Crippen LogP contribution in [0.2, 0.25) is 0 Å². The number of thioether (sulfide) groups is 1. The lowest BCUT2D eigenvalue weighted by molar-refractivity contribution is -0.115. The van der Waals surface area contributed by atoms with Crippen molar-refractivity contribution in [3.05, 3.63) is 59.9 Å². The molecule has 0 heterocycles. The highest BCUT2D eigenvalue weighted by Gasteiger charge is 2.15. The van der Waals surface area contributed by atoms with Crippen LogP contribution in [0.3, 0.4) is 0 Å². The molecule has 0 saturated carbocycles. The Labute approximate surface area is 132 Å². The van der Waals surface area contributed by atoms with E-state index in [-0.39, 0.29) is 22.8 Å². The van der Waals surface area contributed by atoms with Crippen LogP contribution in [0.1, 0.15) is 24.2 Å². The summed E-state index contributed by atoms with van der Waals surface area (Å²) >= 11 is 1.34. The Morgan fingerprint density at radius 3 is 2.45 bits per heavy atom. The minimum atomic E-state index is -0.341. The van der Waals surface area contributed by atoms with E-state index < -0.39 is 0 Å². The van der Waals surface area contributed by atoms with Gasteiger partial charge in [0.25, 0.3) is 0 Å². The third kappa shape index (κ3) is 4.43. The third-order valence-corrected chi connectivity index (χ3v) is 4.14. The Kier molecular flexibility index (Phi) is 5.33. The van der Waals surface area contributed by atoms with Crippen molar-refractivity contribution in [1.82, 2.24) is 0 Å². The fourth-order valence-corrected chi connectivity index (χ4v) is 2.70. The molecular formula is C17H16FNO2S. The molecule has 0 bridgehead atoms. The van der Waals surface area contributed by atoms with Gasteiger partial charge in [-0.05, 0) is 50.2 Å². The van der Waals surface area contributed by atoms with Gasteiger partial charge in [-0.1, -0.05) is 12.1 Å². The van der Waals surface area contributed by atoms with E-state index in [9.17, 15) is 14.0 Å². The summed E-state index contributed by atoms with van der Waals surface area (Å²) in [6.45, 7) is 3.26. The molecule has 2 rings (SSSR count). The van der Waals surface area contributed by atoms with Gasteiger partial charge in [0.15, 0.2) is 5.78 Å². The minimum absolute atomic E-state index is 0.0511. The average Bonchev–Trinajstić information content (AvgIpc) is 2.49. The van der Waals surface area contributed by atoms with Crippen molar-refractivity contribution >= 4 is 29.1 Å². The normalized spacial score (nSPS) is 11.8. The quantitative estimate of drug-likeness (QED) is 0.665. The lowest BCUT2D eigenvalue weighted by Crippen LogP contribution is -2.22. The van der Waals surface area contributed by atoms with Gasteiger partial charge in [0.05, 0.1) is 5.25 Å². The number of rotatable bonds is 5. The van der Waals surface area contributed by atoms with Crippen LogP contribution in [0.15, 0.2) is 53.4 Å². The molecule has 5 heteroatoms. The summed E-state index contributed by atoms with van der Waals surface area (Å²) in [5, 5.41) is 2.44. The summed E-state index contributed by atoms with van der Waals surface area (Å²) in [7, 11) is 0. The molecule has 2 aromatic rings. The standard InChI is InChI=1S/C17H16FNO2S/c1-11(20)13-4-3-5-15(10-13)19-17(21)12(2)22-16-8-6-14(18)7-9-16/h3-10,12H,1-2H3,(H,19,21). The van der Waals surface area contributed by atoms with E-state index in [1.54, 1.807) is 43.3 Å². The molecule has 0 aromatic heterocycles. The van der Waals surface area contributed by atoms with Gasteiger partial charge < -0.3 is 5.32 Å². The minimum Gasteiger partial charge on any atom is -0.325 e. The molecule has 0 aliphatic carbocycles. The van der Waals surface area contributed by atoms with Gasteiger partial charge in [0.1, 0.15) is 5.82 Å². The van der Waals surface area contributed by atoms with E-state index in [1.165, 1.54) is 30.8 Å². The Morgan fingerprint density at radius 1 is 1.14 bits per heavy atom. The second-order valence-corrected chi connectivity index (χ2v) is 6.25. The Bertz CT molecular complexity index is 685. The molecule has 0 aliphatic rings. The fraction of sp³-hybridized carbons (Fsp3) is 0.176. The van der Waals surface area contributed by atoms with Gasteiger partial charge >= 0.3 is 0 Å². The van der Waals surface area contributed by atoms with E-state index in [4.69, 9.17) is 0 Å². The summed E-state index contributed by atoms with van der Waals surface area (Å²) in [6, 6.07) is 12.8. The number of carbonyl (C=O) groups excluding carboxylic acids is 2. The molecule has 0 saturated heterocycles. The lowest BCUT2D eigenvalue weighted by atomic mass is 10.1. The summed E-state index contributed by atoms with van der Waals surface area (Å²) < 4.78 is 12.9. The van der Waals surface area contributed by atoms with Crippen molar-refractivity contribution in [3.8, 4) is 0 Å². The molecule has 114 valence electrons. The number of benzene rings is 2. The first kappa shape index (κ1) is 16.2. The van der Waals surface area contributed by atoms with E-state index in [2.05, 4.69) is 5.32 Å². The maximum atomic E-state index is 12.9. The average molecular weight is 317 g/mol. The summed E-state index contributed by atoms with van der Waals surface area (Å²) in [4.78, 5) is 24.3. The third-order valence-electron chi connectivity index (χ3n) is 3.03. The van der Waals surface area contributed by atoms with Gasteiger partial charge in [-0.2, -0.15) is 0 Å². The number of amides is 1. The van der Waals surface area contributed by atoms with E-state index >= 15 is 0 Å². The Morgan fingerprint density at radius 2 is 1.82 bits per heavy atom. The second kappa shape index (κ2) is 7.22. The smallest absolute Gasteiger partial charge is 0.237 e. The number of Topliss-reactive ketones (excluding diaryl/α,β-unsaturated/α-hetero) is 1. The number of hydrogen-bond donors (Lipinski definition) is 1. The highest BCUT2D eigenvalue weighted by Crippen LogP contribution is 2.24. The zero-order valence-corrected chi connectivity index (χ0v) is 13.1. The van der Waals surface area contributed by atoms with Gasteiger partial charge in [0, 0.05) is 16.1 Å². The summed E-state index contributed by atoms with van der Waals surface area (Å²) in [5.41, 5.74) is 1.14. The molecule has 0 aliphatic heterocycles. The molecule has 1 unspecified atom stereocenters. The SMILES string of the molecule is CC(=O)c1cccc(NC(=O)C(C)Sc2ccc(F)cc2)c1. The molecule has 1 amide bonds. The molecule has 0 radical (unpaired) electrons. The van der Waals surface area contributed by atoms with E-state index in [0.29, 0.717) is 11.3 Å².